The minimum absolute atomic E-state index is 0.0745. The van der Waals surface area contributed by atoms with Crippen molar-refractivity contribution in [1.82, 2.24) is 4.90 Å². The van der Waals surface area contributed by atoms with Crippen molar-refractivity contribution >= 4 is 23.1 Å². The number of nitrogens with zero attached hydrogens (tertiary/aromatic N) is 2. The van der Waals surface area contributed by atoms with Crippen LogP contribution in [0.2, 0.25) is 0 Å². The summed E-state index contributed by atoms with van der Waals surface area (Å²) in [5.41, 5.74) is 3.39. The molecule has 0 atom stereocenters. The van der Waals surface area contributed by atoms with Crippen molar-refractivity contribution in [3.8, 4) is 5.75 Å². The summed E-state index contributed by atoms with van der Waals surface area (Å²) >= 11 is 0. The van der Waals surface area contributed by atoms with E-state index in [9.17, 15) is 9.59 Å². The Hall–Kier alpha value is -3.08. The number of carbonyl (C=O) groups is 2. The first-order valence-electron chi connectivity index (χ1n) is 10.7. The summed E-state index contributed by atoms with van der Waals surface area (Å²) in [4.78, 5) is 30.5. The Balaban J connectivity index is 1.77. The van der Waals surface area contributed by atoms with Gasteiger partial charge in [0.2, 0.25) is 0 Å². The minimum Gasteiger partial charge on any atom is -0.491 e. The maximum atomic E-state index is 13.5. The second kappa shape index (κ2) is 8.34. The average Bonchev–Trinajstić information content (AvgIpc) is 2.99. The molecule has 1 fully saturated rings. The Morgan fingerprint density at radius 2 is 1.60 bits per heavy atom. The highest BCUT2D eigenvalue weighted by molar-refractivity contribution is 6.45. The molecule has 1 saturated heterocycles. The van der Waals surface area contributed by atoms with E-state index in [1.165, 1.54) is 4.90 Å². The number of anilines is 1. The Morgan fingerprint density at radius 1 is 0.900 bits per heavy atom. The van der Waals surface area contributed by atoms with Gasteiger partial charge >= 0.3 is 0 Å². The quantitative estimate of drug-likeness (QED) is 0.686. The Labute approximate surface area is 177 Å². The lowest BCUT2D eigenvalue weighted by atomic mass is 10.0. The van der Waals surface area contributed by atoms with E-state index in [4.69, 9.17) is 4.74 Å². The number of hydrogen-bond donors (Lipinski definition) is 0. The molecule has 2 aliphatic heterocycles. The third-order valence-corrected chi connectivity index (χ3v) is 5.51. The van der Waals surface area contributed by atoms with Crippen LogP contribution in [-0.2, 0) is 9.59 Å². The number of ether oxygens (including phenoxy) is 1. The third-order valence-electron chi connectivity index (χ3n) is 5.51. The van der Waals surface area contributed by atoms with Crippen LogP contribution in [0.15, 0.2) is 54.2 Å². The fourth-order valence-electron chi connectivity index (χ4n) is 4.16. The zero-order valence-corrected chi connectivity index (χ0v) is 17.9. The molecule has 0 aliphatic carbocycles. The van der Waals surface area contributed by atoms with Gasteiger partial charge in [-0.3, -0.25) is 9.59 Å². The fourth-order valence-corrected chi connectivity index (χ4v) is 4.16. The predicted molar refractivity (Wildman–Crippen MR) is 118 cm³/mol. The van der Waals surface area contributed by atoms with Crippen molar-refractivity contribution in [1.29, 1.82) is 0 Å². The molecular weight excluding hydrogens is 376 g/mol. The molecule has 2 aromatic carbocycles. The van der Waals surface area contributed by atoms with Crippen LogP contribution in [0.25, 0.3) is 5.57 Å². The first-order chi connectivity index (χ1) is 14.5. The van der Waals surface area contributed by atoms with Gasteiger partial charge in [0.1, 0.15) is 11.4 Å². The number of carbonyl (C=O) groups excluding carboxylic acids is 2. The van der Waals surface area contributed by atoms with Crippen molar-refractivity contribution in [3.63, 3.8) is 0 Å². The van der Waals surface area contributed by atoms with E-state index in [-0.39, 0.29) is 17.9 Å². The van der Waals surface area contributed by atoms with E-state index in [0.29, 0.717) is 17.0 Å². The minimum atomic E-state index is -0.260. The average molecular weight is 405 g/mol. The standard InChI is InChI=1S/C25H28N2O3/c1-17(2)30-21-12-10-19(11-13-21)22-23(26-14-5-4-6-15-26)25(29)27(24(22)28)20-9-7-8-18(3)16-20/h7-13,16-17H,4-6,14-15H2,1-3H3. The molecule has 156 valence electrons. The van der Waals surface area contributed by atoms with Crippen LogP contribution in [0.3, 0.4) is 0 Å². The smallest absolute Gasteiger partial charge is 0.282 e. The molecule has 2 aliphatic rings. The maximum absolute atomic E-state index is 13.5. The molecule has 0 saturated carbocycles. The monoisotopic (exact) mass is 404 g/mol. The second-order valence-corrected chi connectivity index (χ2v) is 8.25. The second-order valence-electron chi connectivity index (χ2n) is 8.25. The predicted octanol–water partition coefficient (Wildman–Crippen LogP) is 4.55. The van der Waals surface area contributed by atoms with E-state index in [1.54, 1.807) is 0 Å². The summed E-state index contributed by atoms with van der Waals surface area (Å²) in [5.74, 6) is 0.259. The first kappa shape index (κ1) is 20.2. The summed E-state index contributed by atoms with van der Waals surface area (Å²) in [6.07, 6.45) is 3.29. The van der Waals surface area contributed by atoms with E-state index in [0.717, 1.165) is 49.2 Å². The molecule has 0 N–H and O–H groups in total. The van der Waals surface area contributed by atoms with Crippen LogP contribution >= 0.6 is 0 Å². The molecule has 4 rings (SSSR count). The molecule has 0 unspecified atom stereocenters. The molecule has 2 heterocycles. The lowest BCUT2D eigenvalue weighted by Crippen LogP contribution is -2.37. The number of piperidine rings is 1. The van der Waals surface area contributed by atoms with Crippen LogP contribution in [0.1, 0.15) is 44.2 Å². The summed E-state index contributed by atoms with van der Waals surface area (Å²) < 4.78 is 5.74. The highest BCUT2D eigenvalue weighted by Gasteiger charge is 2.42. The maximum Gasteiger partial charge on any atom is 0.282 e. The number of aryl methyl sites for hydroxylation is 1. The van der Waals surface area contributed by atoms with Gasteiger partial charge < -0.3 is 9.64 Å². The zero-order chi connectivity index (χ0) is 21.3. The first-order valence-corrected chi connectivity index (χ1v) is 10.7. The van der Waals surface area contributed by atoms with Gasteiger partial charge in [-0.05, 0) is 75.4 Å². The zero-order valence-electron chi connectivity index (χ0n) is 17.9. The molecule has 5 heteroatoms. The SMILES string of the molecule is Cc1cccc(N2C(=O)C(c3ccc(OC(C)C)cc3)=C(N3CCCCC3)C2=O)c1. The van der Waals surface area contributed by atoms with Gasteiger partial charge in [-0.1, -0.05) is 24.3 Å². The normalized spacial score (nSPS) is 17.3. The topological polar surface area (TPSA) is 49.9 Å². The molecular formula is C25H28N2O3. The summed E-state index contributed by atoms with van der Waals surface area (Å²) in [5, 5.41) is 0. The van der Waals surface area contributed by atoms with Gasteiger partial charge in [-0.25, -0.2) is 4.90 Å². The Bertz CT molecular complexity index is 986. The molecule has 30 heavy (non-hydrogen) atoms. The van der Waals surface area contributed by atoms with Crippen LogP contribution in [0, 0.1) is 6.92 Å². The lowest BCUT2D eigenvalue weighted by Gasteiger charge is -2.29. The third kappa shape index (κ3) is 3.84. The largest absolute Gasteiger partial charge is 0.491 e. The van der Waals surface area contributed by atoms with Crippen LogP contribution < -0.4 is 9.64 Å². The van der Waals surface area contributed by atoms with Crippen LogP contribution in [-0.4, -0.2) is 35.9 Å². The van der Waals surface area contributed by atoms with Gasteiger partial charge in [0, 0.05) is 13.1 Å². The van der Waals surface area contributed by atoms with Gasteiger partial charge in [-0.2, -0.15) is 0 Å². The highest BCUT2D eigenvalue weighted by atomic mass is 16.5. The van der Waals surface area contributed by atoms with Crippen molar-refractivity contribution in [2.45, 2.75) is 46.1 Å². The van der Waals surface area contributed by atoms with Crippen molar-refractivity contribution in [3.05, 3.63) is 65.4 Å². The van der Waals surface area contributed by atoms with Crippen molar-refractivity contribution in [2.75, 3.05) is 18.0 Å². The Morgan fingerprint density at radius 3 is 2.23 bits per heavy atom. The van der Waals surface area contributed by atoms with Gasteiger partial charge in [-0.15, -0.1) is 0 Å². The van der Waals surface area contributed by atoms with Gasteiger partial charge in [0.25, 0.3) is 11.8 Å². The summed E-state index contributed by atoms with van der Waals surface area (Å²) in [7, 11) is 0. The van der Waals surface area contributed by atoms with Crippen molar-refractivity contribution in [2.24, 2.45) is 0 Å². The summed E-state index contributed by atoms with van der Waals surface area (Å²) in [6, 6.07) is 15.0. The van der Waals surface area contributed by atoms with Crippen LogP contribution in [0.5, 0.6) is 5.75 Å². The molecule has 0 aromatic heterocycles. The van der Waals surface area contributed by atoms with Gasteiger partial charge in [0.15, 0.2) is 0 Å². The molecule has 0 bridgehead atoms. The van der Waals surface area contributed by atoms with E-state index in [1.807, 2.05) is 69.3 Å². The molecule has 5 nitrogen and oxygen atoms in total. The summed E-state index contributed by atoms with van der Waals surface area (Å²) in [6.45, 7) is 7.51. The number of likely N-dealkylation sites (tertiary alicyclic amines) is 1. The lowest BCUT2D eigenvalue weighted by molar-refractivity contribution is -0.120. The molecule has 2 aromatic rings. The number of hydrogen-bond acceptors (Lipinski definition) is 4. The number of amides is 2. The highest BCUT2D eigenvalue weighted by Crippen LogP contribution is 2.36. The fraction of sp³-hybridized carbons (Fsp3) is 0.360. The van der Waals surface area contributed by atoms with Crippen molar-refractivity contribution < 1.29 is 14.3 Å². The Kier molecular flexibility index (Phi) is 5.62. The molecule has 0 radical (unpaired) electrons. The molecule has 2 amide bonds. The number of benzene rings is 2. The molecule has 0 spiro atoms. The van der Waals surface area contributed by atoms with E-state index < -0.39 is 0 Å². The number of imide groups is 1. The van der Waals surface area contributed by atoms with E-state index >= 15 is 0 Å². The number of rotatable bonds is 5. The van der Waals surface area contributed by atoms with E-state index in [2.05, 4.69) is 4.90 Å². The van der Waals surface area contributed by atoms with Gasteiger partial charge in [0.05, 0.1) is 17.4 Å². The van der Waals surface area contributed by atoms with Crippen LogP contribution in [0.4, 0.5) is 5.69 Å².